The molecule has 0 bridgehead atoms. The lowest BCUT2D eigenvalue weighted by Crippen LogP contribution is -2.14. The topological polar surface area (TPSA) is 55.1 Å². The van der Waals surface area contributed by atoms with E-state index in [0.29, 0.717) is 11.3 Å². The number of benzene rings is 2. The summed E-state index contributed by atoms with van der Waals surface area (Å²) in [5.74, 6) is -0.113. The molecule has 1 amide bonds. The lowest BCUT2D eigenvalue weighted by Gasteiger charge is -2.16. The number of amides is 1. The molecule has 102 valence electrons. The number of fused-ring (bicyclic) bond motifs is 1. The van der Waals surface area contributed by atoms with Crippen molar-refractivity contribution in [2.45, 2.75) is 10.9 Å². The largest absolute Gasteiger partial charge is 0.375 e. The van der Waals surface area contributed by atoms with Crippen molar-refractivity contribution >= 4 is 23.4 Å². The molecule has 20 heavy (non-hydrogen) atoms. The SMILES string of the molecule is NC(=O)c1ccc(F)c(NC2CSc3ccccc32)c1. The van der Waals surface area contributed by atoms with Gasteiger partial charge in [-0.1, -0.05) is 18.2 Å². The Balaban J connectivity index is 1.89. The maximum atomic E-state index is 13.8. The average Bonchev–Trinajstić information content (AvgIpc) is 2.84. The van der Waals surface area contributed by atoms with Crippen LogP contribution in [0.25, 0.3) is 0 Å². The molecular weight excluding hydrogens is 275 g/mol. The average molecular weight is 288 g/mol. The lowest BCUT2D eigenvalue weighted by molar-refractivity contribution is 0.100. The van der Waals surface area contributed by atoms with Crippen molar-refractivity contribution in [2.24, 2.45) is 5.73 Å². The fraction of sp³-hybridized carbons (Fsp3) is 0.133. The minimum absolute atomic E-state index is 0.0360. The van der Waals surface area contributed by atoms with Gasteiger partial charge in [0.1, 0.15) is 5.82 Å². The predicted molar refractivity (Wildman–Crippen MR) is 78.4 cm³/mol. The minimum Gasteiger partial charge on any atom is -0.375 e. The van der Waals surface area contributed by atoms with Gasteiger partial charge in [-0.2, -0.15) is 0 Å². The van der Waals surface area contributed by atoms with Gasteiger partial charge in [-0.3, -0.25) is 4.79 Å². The highest BCUT2D eigenvalue weighted by atomic mass is 32.2. The summed E-state index contributed by atoms with van der Waals surface area (Å²) in [7, 11) is 0. The van der Waals surface area contributed by atoms with Crippen molar-refractivity contribution in [3.8, 4) is 0 Å². The number of carbonyl (C=O) groups excluding carboxylic acids is 1. The number of halogens is 1. The minimum atomic E-state index is -0.561. The van der Waals surface area contributed by atoms with E-state index in [4.69, 9.17) is 5.73 Å². The normalized spacial score (nSPS) is 16.8. The highest BCUT2D eigenvalue weighted by Crippen LogP contribution is 2.39. The fourth-order valence-corrected chi connectivity index (χ4v) is 3.42. The number of hydrogen-bond acceptors (Lipinski definition) is 3. The number of thioether (sulfide) groups is 1. The number of rotatable bonds is 3. The predicted octanol–water partition coefficient (Wildman–Crippen LogP) is 3.18. The van der Waals surface area contributed by atoms with Crippen LogP contribution in [0.1, 0.15) is 22.0 Å². The standard InChI is InChI=1S/C15H13FN2OS/c16-11-6-5-9(15(17)19)7-12(11)18-13-8-20-14-4-2-1-3-10(13)14/h1-7,13,18H,8H2,(H2,17,19). The van der Waals surface area contributed by atoms with Crippen molar-refractivity contribution in [1.29, 1.82) is 0 Å². The number of carbonyl (C=O) groups is 1. The van der Waals surface area contributed by atoms with E-state index in [2.05, 4.69) is 11.4 Å². The summed E-state index contributed by atoms with van der Waals surface area (Å²) >= 11 is 1.74. The first-order chi connectivity index (χ1) is 9.65. The second-order valence-corrected chi connectivity index (χ2v) is 5.67. The van der Waals surface area contributed by atoms with E-state index >= 15 is 0 Å². The van der Waals surface area contributed by atoms with Crippen molar-refractivity contribution in [3.05, 3.63) is 59.4 Å². The Morgan fingerprint density at radius 2 is 2.10 bits per heavy atom. The van der Waals surface area contributed by atoms with Gasteiger partial charge in [0.25, 0.3) is 0 Å². The van der Waals surface area contributed by atoms with E-state index < -0.39 is 5.91 Å². The molecule has 1 aliphatic heterocycles. The van der Waals surface area contributed by atoms with Gasteiger partial charge in [0, 0.05) is 16.2 Å². The first kappa shape index (κ1) is 13.0. The van der Waals surface area contributed by atoms with Gasteiger partial charge in [-0.05, 0) is 29.8 Å². The summed E-state index contributed by atoms with van der Waals surface area (Å²) in [5, 5.41) is 3.16. The molecule has 0 saturated carbocycles. The van der Waals surface area contributed by atoms with Crippen molar-refractivity contribution < 1.29 is 9.18 Å². The zero-order valence-electron chi connectivity index (χ0n) is 10.6. The number of nitrogens with one attached hydrogen (secondary N) is 1. The Morgan fingerprint density at radius 3 is 2.90 bits per heavy atom. The van der Waals surface area contributed by atoms with Crippen molar-refractivity contribution in [3.63, 3.8) is 0 Å². The van der Waals surface area contributed by atoms with E-state index in [9.17, 15) is 9.18 Å². The number of nitrogens with two attached hydrogens (primary N) is 1. The van der Waals surface area contributed by atoms with Crippen LogP contribution in [0, 0.1) is 5.82 Å². The quantitative estimate of drug-likeness (QED) is 0.912. The third-order valence-electron chi connectivity index (χ3n) is 3.28. The van der Waals surface area contributed by atoms with Crippen LogP contribution in [0.3, 0.4) is 0 Å². The Kier molecular flexibility index (Phi) is 3.36. The van der Waals surface area contributed by atoms with Crippen LogP contribution in [-0.4, -0.2) is 11.7 Å². The molecule has 3 N–H and O–H groups in total. The van der Waals surface area contributed by atoms with Crippen LogP contribution in [0.4, 0.5) is 10.1 Å². The van der Waals surface area contributed by atoms with Crippen LogP contribution in [0.2, 0.25) is 0 Å². The Bertz CT molecular complexity index is 675. The molecule has 1 heterocycles. The van der Waals surface area contributed by atoms with Crippen molar-refractivity contribution in [2.75, 3.05) is 11.1 Å². The summed E-state index contributed by atoms with van der Waals surface area (Å²) in [5.41, 5.74) is 6.99. The molecule has 0 saturated heterocycles. The molecule has 3 nitrogen and oxygen atoms in total. The molecule has 0 aliphatic carbocycles. The molecular formula is C15H13FN2OS. The molecule has 5 heteroatoms. The fourth-order valence-electron chi connectivity index (χ4n) is 2.26. The van der Waals surface area contributed by atoms with Crippen LogP contribution in [-0.2, 0) is 0 Å². The third-order valence-corrected chi connectivity index (χ3v) is 4.46. The summed E-state index contributed by atoms with van der Waals surface area (Å²) in [6, 6.07) is 12.2. The highest BCUT2D eigenvalue weighted by Gasteiger charge is 2.23. The van der Waals surface area contributed by atoms with Crippen LogP contribution in [0.15, 0.2) is 47.4 Å². The Morgan fingerprint density at radius 1 is 1.30 bits per heavy atom. The molecule has 1 atom stereocenters. The second kappa shape index (κ2) is 5.17. The Labute approximate surface area is 120 Å². The summed E-state index contributed by atoms with van der Waals surface area (Å²) in [4.78, 5) is 12.4. The molecule has 0 aromatic heterocycles. The maximum Gasteiger partial charge on any atom is 0.248 e. The molecule has 1 unspecified atom stereocenters. The van der Waals surface area contributed by atoms with E-state index in [1.165, 1.54) is 23.1 Å². The van der Waals surface area contributed by atoms with Gasteiger partial charge in [-0.15, -0.1) is 11.8 Å². The summed E-state index contributed by atoms with van der Waals surface area (Å²) < 4.78 is 13.8. The third kappa shape index (κ3) is 2.36. The van der Waals surface area contributed by atoms with Gasteiger partial charge >= 0.3 is 0 Å². The van der Waals surface area contributed by atoms with Crippen molar-refractivity contribution in [1.82, 2.24) is 0 Å². The lowest BCUT2D eigenvalue weighted by atomic mass is 10.1. The van der Waals surface area contributed by atoms with E-state index in [-0.39, 0.29) is 11.9 Å². The van der Waals surface area contributed by atoms with E-state index in [0.717, 1.165) is 11.3 Å². The molecule has 0 spiro atoms. The zero-order valence-corrected chi connectivity index (χ0v) is 11.4. The van der Waals surface area contributed by atoms with Gasteiger partial charge in [0.05, 0.1) is 11.7 Å². The van der Waals surface area contributed by atoms with Crippen LogP contribution < -0.4 is 11.1 Å². The Hall–Kier alpha value is -2.01. The second-order valence-electron chi connectivity index (χ2n) is 4.60. The van der Waals surface area contributed by atoms with Gasteiger partial charge in [0.15, 0.2) is 0 Å². The van der Waals surface area contributed by atoms with Gasteiger partial charge < -0.3 is 11.1 Å². The molecule has 0 fully saturated rings. The van der Waals surface area contributed by atoms with Gasteiger partial charge in [-0.25, -0.2) is 4.39 Å². The highest BCUT2D eigenvalue weighted by molar-refractivity contribution is 7.99. The smallest absolute Gasteiger partial charge is 0.248 e. The zero-order chi connectivity index (χ0) is 14.1. The molecule has 0 radical (unpaired) electrons. The monoisotopic (exact) mass is 288 g/mol. The summed E-state index contributed by atoms with van der Waals surface area (Å²) in [6.45, 7) is 0. The van der Waals surface area contributed by atoms with E-state index in [1.54, 1.807) is 11.8 Å². The maximum absolute atomic E-state index is 13.8. The molecule has 3 rings (SSSR count). The number of anilines is 1. The van der Waals surface area contributed by atoms with E-state index in [1.807, 2.05) is 18.2 Å². The first-order valence-corrected chi connectivity index (χ1v) is 7.21. The van der Waals surface area contributed by atoms with Crippen LogP contribution >= 0.6 is 11.8 Å². The summed E-state index contributed by atoms with van der Waals surface area (Å²) in [6.07, 6.45) is 0. The van der Waals surface area contributed by atoms with Crippen LogP contribution in [0.5, 0.6) is 0 Å². The first-order valence-electron chi connectivity index (χ1n) is 6.23. The number of hydrogen-bond donors (Lipinski definition) is 2. The molecule has 2 aromatic rings. The molecule has 1 aliphatic rings. The molecule has 2 aromatic carbocycles. The number of primary amides is 1. The van der Waals surface area contributed by atoms with Gasteiger partial charge in [0.2, 0.25) is 5.91 Å².